The molecule has 1 atom stereocenters. The Morgan fingerprint density at radius 2 is 1.86 bits per heavy atom. The zero-order valence-corrected chi connectivity index (χ0v) is 12.8. The number of carboxylic acids is 1. The summed E-state index contributed by atoms with van der Waals surface area (Å²) in [6.07, 6.45) is 0. The summed E-state index contributed by atoms with van der Waals surface area (Å²) in [5.41, 5.74) is 1.22. The molecule has 22 heavy (non-hydrogen) atoms. The van der Waals surface area contributed by atoms with Gasteiger partial charge in [-0.1, -0.05) is 13.0 Å². The molecule has 1 aromatic carbocycles. The van der Waals surface area contributed by atoms with Crippen molar-refractivity contribution in [3.05, 3.63) is 23.8 Å². The van der Waals surface area contributed by atoms with Crippen LogP contribution in [0.2, 0.25) is 0 Å². The molecule has 120 valence electrons. The van der Waals surface area contributed by atoms with E-state index in [2.05, 4.69) is 15.9 Å². The number of rotatable bonds is 5. The van der Waals surface area contributed by atoms with Gasteiger partial charge in [-0.3, -0.25) is 14.6 Å². The highest BCUT2D eigenvalue weighted by Crippen LogP contribution is 2.32. The first kappa shape index (κ1) is 15.1. The lowest BCUT2D eigenvalue weighted by atomic mass is 10.1. The summed E-state index contributed by atoms with van der Waals surface area (Å²) in [5, 5.41) is 8.98. The Labute approximate surface area is 130 Å². The number of benzene rings is 1. The molecule has 2 aliphatic heterocycles. The molecule has 1 aromatic rings. The molecule has 6 nitrogen and oxygen atoms in total. The van der Waals surface area contributed by atoms with Crippen molar-refractivity contribution in [2.75, 3.05) is 39.5 Å². The molecule has 1 fully saturated rings. The molecule has 0 spiro atoms. The third-order valence-corrected chi connectivity index (χ3v) is 4.26. The zero-order valence-electron chi connectivity index (χ0n) is 12.8. The van der Waals surface area contributed by atoms with E-state index in [0.717, 1.165) is 44.2 Å². The van der Waals surface area contributed by atoms with Crippen LogP contribution in [0.4, 0.5) is 0 Å². The Kier molecular flexibility index (Phi) is 4.49. The SMILES string of the molecule is CC(CN1CCN(Cc2ccc3c(c2)OCO3)CC1)C(=O)O. The average molecular weight is 306 g/mol. The summed E-state index contributed by atoms with van der Waals surface area (Å²) in [6.45, 7) is 7.35. The summed E-state index contributed by atoms with van der Waals surface area (Å²) >= 11 is 0. The van der Waals surface area contributed by atoms with E-state index in [9.17, 15) is 4.79 Å². The molecule has 0 aliphatic carbocycles. The smallest absolute Gasteiger partial charge is 0.307 e. The lowest BCUT2D eigenvalue weighted by Crippen LogP contribution is -2.47. The van der Waals surface area contributed by atoms with E-state index in [1.807, 2.05) is 12.1 Å². The van der Waals surface area contributed by atoms with E-state index in [4.69, 9.17) is 14.6 Å². The molecule has 1 unspecified atom stereocenters. The molecular weight excluding hydrogens is 284 g/mol. The molecule has 1 saturated heterocycles. The summed E-state index contributed by atoms with van der Waals surface area (Å²) in [4.78, 5) is 15.5. The quantitative estimate of drug-likeness (QED) is 0.883. The molecular formula is C16H22N2O4. The number of aliphatic carboxylic acids is 1. The van der Waals surface area contributed by atoms with Crippen molar-refractivity contribution in [3.63, 3.8) is 0 Å². The molecule has 1 N–H and O–H groups in total. The van der Waals surface area contributed by atoms with Gasteiger partial charge in [0.25, 0.3) is 0 Å². The second-order valence-electron chi connectivity index (χ2n) is 6.00. The number of carbonyl (C=O) groups is 1. The Morgan fingerprint density at radius 3 is 2.59 bits per heavy atom. The zero-order chi connectivity index (χ0) is 15.5. The monoisotopic (exact) mass is 306 g/mol. The van der Waals surface area contributed by atoms with Crippen molar-refractivity contribution in [2.24, 2.45) is 5.92 Å². The van der Waals surface area contributed by atoms with Gasteiger partial charge in [0.2, 0.25) is 6.79 Å². The van der Waals surface area contributed by atoms with E-state index in [0.29, 0.717) is 13.3 Å². The van der Waals surface area contributed by atoms with Crippen LogP contribution in [0.1, 0.15) is 12.5 Å². The van der Waals surface area contributed by atoms with Crippen molar-refractivity contribution >= 4 is 5.97 Å². The fraction of sp³-hybridized carbons (Fsp3) is 0.562. The fourth-order valence-corrected chi connectivity index (χ4v) is 2.89. The number of piperazine rings is 1. The first-order valence-corrected chi connectivity index (χ1v) is 7.68. The average Bonchev–Trinajstić information content (AvgIpc) is 2.96. The van der Waals surface area contributed by atoms with Crippen LogP contribution in [0, 0.1) is 5.92 Å². The van der Waals surface area contributed by atoms with Crippen LogP contribution in [0.15, 0.2) is 18.2 Å². The number of hydrogen-bond donors (Lipinski definition) is 1. The van der Waals surface area contributed by atoms with Gasteiger partial charge in [-0.05, 0) is 17.7 Å². The van der Waals surface area contributed by atoms with Crippen molar-refractivity contribution in [2.45, 2.75) is 13.5 Å². The molecule has 6 heteroatoms. The van der Waals surface area contributed by atoms with Gasteiger partial charge in [0.15, 0.2) is 11.5 Å². The van der Waals surface area contributed by atoms with Crippen molar-refractivity contribution < 1.29 is 19.4 Å². The van der Waals surface area contributed by atoms with Gasteiger partial charge < -0.3 is 14.6 Å². The minimum absolute atomic E-state index is 0.305. The second kappa shape index (κ2) is 6.54. The van der Waals surface area contributed by atoms with Crippen LogP contribution in [0.5, 0.6) is 11.5 Å². The highest BCUT2D eigenvalue weighted by Gasteiger charge is 2.21. The number of ether oxygens (including phenoxy) is 2. The van der Waals surface area contributed by atoms with Crippen LogP contribution in [0.3, 0.4) is 0 Å². The van der Waals surface area contributed by atoms with E-state index in [-0.39, 0.29) is 5.92 Å². The maximum Gasteiger partial charge on any atom is 0.307 e. The molecule has 2 heterocycles. The van der Waals surface area contributed by atoms with Crippen LogP contribution >= 0.6 is 0 Å². The van der Waals surface area contributed by atoms with Gasteiger partial charge in [-0.2, -0.15) is 0 Å². The molecule has 0 saturated carbocycles. The number of carboxylic acid groups (broad SMARTS) is 1. The van der Waals surface area contributed by atoms with Gasteiger partial charge in [0.1, 0.15) is 0 Å². The third-order valence-electron chi connectivity index (χ3n) is 4.26. The van der Waals surface area contributed by atoms with Crippen molar-refractivity contribution in [3.8, 4) is 11.5 Å². The summed E-state index contributed by atoms with van der Waals surface area (Å²) < 4.78 is 10.7. The standard InChI is InChI=1S/C16H22N2O4/c1-12(16(19)20)9-17-4-6-18(7-5-17)10-13-2-3-14-15(8-13)22-11-21-14/h2-3,8,12H,4-7,9-11H2,1H3,(H,19,20). The van der Waals surface area contributed by atoms with E-state index >= 15 is 0 Å². The van der Waals surface area contributed by atoms with Crippen molar-refractivity contribution in [1.29, 1.82) is 0 Å². The Balaban J connectivity index is 1.49. The highest BCUT2D eigenvalue weighted by molar-refractivity contribution is 5.69. The summed E-state index contributed by atoms with van der Waals surface area (Å²) in [5.74, 6) is 0.617. The van der Waals surface area contributed by atoms with Gasteiger partial charge in [0, 0.05) is 39.3 Å². The molecule has 0 amide bonds. The summed E-state index contributed by atoms with van der Waals surface area (Å²) in [7, 11) is 0. The van der Waals surface area contributed by atoms with E-state index in [1.165, 1.54) is 5.56 Å². The highest BCUT2D eigenvalue weighted by atomic mass is 16.7. The van der Waals surface area contributed by atoms with Gasteiger partial charge >= 0.3 is 5.97 Å². The third kappa shape index (κ3) is 3.51. The number of fused-ring (bicyclic) bond motifs is 1. The first-order chi connectivity index (χ1) is 10.6. The summed E-state index contributed by atoms with van der Waals surface area (Å²) in [6, 6.07) is 6.08. The molecule has 3 rings (SSSR count). The normalized spacial score (nSPS) is 20.0. The molecule has 0 bridgehead atoms. The van der Waals surface area contributed by atoms with Gasteiger partial charge in [-0.15, -0.1) is 0 Å². The topological polar surface area (TPSA) is 62.2 Å². The molecule has 2 aliphatic rings. The largest absolute Gasteiger partial charge is 0.481 e. The van der Waals surface area contributed by atoms with Crippen LogP contribution in [0.25, 0.3) is 0 Å². The second-order valence-corrected chi connectivity index (χ2v) is 6.00. The molecule has 0 aromatic heterocycles. The van der Waals surface area contributed by atoms with Gasteiger partial charge in [-0.25, -0.2) is 0 Å². The van der Waals surface area contributed by atoms with Crippen molar-refractivity contribution in [1.82, 2.24) is 9.80 Å². The van der Waals surface area contributed by atoms with E-state index in [1.54, 1.807) is 6.92 Å². The molecule has 0 radical (unpaired) electrons. The Morgan fingerprint density at radius 1 is 1.18 bits per heavy atom. The fourth-order valence-electron chi connectivity index (χ4n) is 2.89. The predicted molar refractivity (Wildman–Crippen MR) is 81.1 cm³/mol. The van der Waals surface area contributed by atoms with Crippen LogP contribution in [-0.4, -0.2) is 60.4 Å². The van der Waals surface area contributed by atoms with E-state index < -0.39 is 5.97 Å². The number of nitrogens with zero attached hydrogens (tertiary/aromatic N) is 2. The lowest BCUT2D eigenvalue weighted by molar-refractivity contribution is -0.141. The maximum absolute atomic E-state index is 10.9. The Hall–Kier alpha value is -1.79. The predicted octanol–water partition coefficient (Wildman–Crippen LogP) is 1.25. The minimum Gasteiger partial charge on any atom is -0.481 e. The lowest BCUT2D eigenvalue weighted by Gasteiger charge is -2.35. The number of hydrogen-bond acceptors (Lipinski definition) is 5. The van der Waals surface area contributed by atoms with Crippen LogP contribution in [-0.2, 0) is 11.3 Å². The first-order valence-electron chi connectivity index (χ1n) is 7.68. The minimum atomic E-state index is -0.720. The maximum atomic E-state index is 10.9. The van der Waals surface area contributed by atoms with Gasteiger partial charge in [0.05, 0.1) is 5.92 Å². The Bertz CT molecular complexity index is 541. The van der Waals surface area contributed by atoms with Crippen LogP contribution < -0.4 is 9.47 Å².